The highest BCUT2D eigenvalue weighted by Crippen LogP contribution is 2.16. The second-order valence-electron chi connectivity index (χ2n) is 3.67. The lowest BCUT2D eigenvalue weighted by Gasteiger charge is -1.99. The van der Waals surface area contributed by atoms with E-state index in [0.29, 0.717) is 5.69 Å². The summed E-state index contributed by atoms with van der Waals surface area (Å²) >= 11 is 0. The summed E-state index contributed by atoms with van der Waals surface area (Å²) in [5.74, 6) is -0.301. The van der Waals surface area contributed by atoms with Gasteiger partial charge in [0, 0.05) is 12.7 Å². The molecule has 3 heteroatoms. The van der Waals surface area contributed by atoms with Crippen LogP contribution in [0.1, 0.15) is 11.4 Å². The Bertz CT molecular complexity index is 526. The van der Waals surface area contributed by atoms with Crippen molar-refractivity contribution in [2.45, 2.75) is 6.92 Å². The Morgan fingerprint density at radius 3 is 2.56 bits per heavy atom. The number of nitrogens with zero attached hydrogens (tertiary/aromatic N) is 2. The summed E-state index contributed by atoms with van der Waals surface area (Å²) in [4.78, 5) is 4.13. The van der Waals surface area contributed by atoms with E-state index in [-0.39, 0.29) is 5.82 Å². The van der Waals surface area contributed by atoms with Crippen LogP contribution >= 0.6 is 0 Å². The van der Waals surface area contributed by atoms with Gasteiger partial charge in [-0.15, -0.1) is 0 Å². The smallest absolute Gasteiger partial charge is 0.148 e. The van der Waals surface area contributed by atoms with Gasteiger partial charge < -0.3 is 4.57 Å². The van der Waals surface area contributed by atoms with Crippen molar-refractivity contribution in [2.75, 3.05) is 0 Å². The maximum absolute atomic E-state index is 13.3. The second-order valence-corrected chi connectivity index (χ2v) is 3.67. The lowest BCUT2D eigenvalue weighted by Crippen LogP contribution is -1.96. The van der Waals surface area contributed by atoms with Crippen molar-refractivity contribution in [2.24, 2.45) is 12.0 Å². The summed E-state index contributed by atoms with van der Waals surface area (Å²) in [5, 5.41) is 0. The molecule has 0 fully saturated rings. The summed E-state index contributed by atoms with van der Waals surface area (Å²) < 4.78 is 15.3. The van der Waals surface area contributed by atoms with E-state index < -0.39 is 0 Å². The molecule has 2 nitrogen and oxygen atoms in total. The largest absolute Gasteiger partial charge is 0.347 e. The predicted octanol–water partition coefficient (Wildman–Crippen LogP) is 3.22. The summed E-state index contributed by atoms with van der Waals surface area (Å²) in [6.45, 7) is 2.01. The number of rotatable bonds is 2. The number of hydrogen-bond acceptors (Lipinski definition) is 1. The lowest BCUT2D eigenvalue weighted by molar-refractivity contribution is 0.630. The third-order valence-electron chi connectivity index (χ3n) is 2.60. The van der Waals surface area contributed by atoms with Gasteiger partial charge in [0.2, 0.25) is 0 Å². The zero-order valence-electron chi connectivity index (χ0n) is 9.31. The van der Waals surface area contributed by atoms with Crippen molar-refractivity contribution in [1.29, 1.82) is 0 Å². The van der Waals surface area contributed by atoms with Gasteiger partial charge in [-0.2, -0.15) is 0 Å². The van der Waals surface area contributed by atoms with Crippen LogP contribution in [0, 0.1) is 12.7 Å². The quantitative estimate of drug-likeness (QED) is 0.686. The average molecular weight is 216 g/mol. The number of hydrogen-bond donors (Lipinski definition) is 0. The van der Waals surface area contributed by atoms with Crippen LogP contribution in [-0.4, -0.2) is 10.8 Å². The number of aliphatic imine (C=N–C) groups is 1. The third kappa shape index (κ3) is 2.03. The number of aryl methyl sites for hydroxylation is 1. The van der Waals surface area contributed by atoms with Gasteiger partial charge in [0.1, 0.15) is 5.82 Å². The van der Waals surface area contributed by atoms with Crippen LogP contribution in [0.4, 0.5) is 10.1 Å². The van der Waals surface area contributed by atoms with Gasteiger partial charge in [-0.3, -0.25) is 4.99 Å². The Hall–Kier alpha value is -1.90. The molecule has 0 aliphatic carbocycles. The second kappa shape index (κ2) is 4.31. The van der Waals surface area contributed by atoms with Crippen molar-refractivity contribution in [3.63, 3.8) is 0 Å². The van der Waals surface area contributed by atoms with Crippen molar-refractivity contribution in [3.8, 4) is 0 Å². The topological polar surface area (TPSA) is 17.3 Å². The maximum atomic E-state index is 13.3. The van der Waals surface area contributed by atoms with Gasteiger partial charge in [-0.25, -0.2) is 4.39 Å². The van der Waals surface area contributed by atoms with E-state index in [2.05, 4.69) is 4.99 Å². The summed E-state index contributed by atoms with van der Waals surface area (Å²) in [7, 11) is 1.96. The fraction of sp³-hybridized carbons (Fsp3) is 0.154. The van der Waals surface area contributed by atoms with Crippen LogP contribution < -0.4 is 0 Å². The molecule has 0 N–H and O–H groups in total. The lowest BCUT2D eigenvalue weighted by atomic mass is 10.3. The van der Waals surface area contributed by atoms with E-state index in [1.54, 1.807) is 24.4 Å². The number of benzene rings is 1. The summed E-state index contributed by atoms with van der Waals surface area (Å²) in [6, 6.07) is 10.4. The molecule has 0 saturated carbocycles. The van der Waals surface area contributed by atoms with Crippen LogP contribution in [0.5, 0.6) is 0 Å². The van der Waals surface area contributed by atoms with Gasteiger partial charge in [0.25, 0.3) is 0 Å². The zero-order chi connectivity index (χ0) is 11.5. The molecule has 0 aliphatic heterocycles. The predicted molar refractivity (Wildman–Crippen MR) is 63.8 cm³/mol. The average Bonchev–Trinajstić information content (AvgIpc) is 2.59. The Labute approximate surface area is 94.1 Å². The van der Waals surface area contributed by atoms with Crippen LogP contribution in [0.2, 0.25) is 0 Å². The minimum atomic E-state index is -0.301. The molecule has 0 radical (unpaired) electrons. The molecule has 0 spiro atoms. The molecule has 0 saturated heterocycles. The molecule has 82 valence electrons. The highest BCUT2D eigenvalue weighted by Gasteiger charge is 1.99. The van der Waals surface area contributed by atoms with Crippen LogP contribution in [0.15, 0.2) is 41.4 Å². The number of halogens is 1. The Kier molecular flexibility index (Phi) is 2.86. The molecular formula is C13H13FN2. The fourth-order valence-corrected chi connectivity index (χ4v) is 1.45. The maximum Gasteiger partial charge on any atom is 0.148 e. The zero-order valence-corrected chi connectivity index (χ0v) is 9.31. The molecule has 0 unspecified atom stereocenters. The molecule has 1 aromatic heterocycles. The Morgan fingerprint density at radius 1 is 1.19 bits per heavy atom. The molecule has 0 bridgehead atoms. The molecule has 0 amide bonds. The first-order valence-electron chi connectivity index (χ1n) is 5.09. The van der Waals surface area contributed by atoms with Crippen LogP contribution in [0.25, 0.3) is 0 Å². The van der Waals surface area contributed by atoms with E-state index in [4.69, 9.17) is 0 Å². The number of aromatic nitrogens is 1. The molecular weight excluding hydrogens is 203 g/mol. The fourth-order valence-electron chi connectivity index (χ4n) is 1.45. The summed E-state index contributed by atoms with van der Waals surface area (Å²) in [5.41, 5.74) is 2.47. The first-order valence-corrected chi connectivity index (χ1v) is 5.09. The van der Waals surface area contributed by atoms with Gasteiger partial charge in [-0.1, -0.05) is 12.1 Å². The van der Waals surface area contributed by atoms with Gasteiger partial charge >= 0.3 is 0 Å². The van der Waals surface area contributed by atoms with E-state index in [9.17, 15) is 4.39 Å². The molecule has 2 aromatic rings. The van der Waals surface area contributed by atoms with E-state index in [1.807, 2.05) is 30.7 Å². The monoisotopic (exact) mass is 216 g/mol. The molecule has 0 aliphatic rings. The van der Waals surface area contributed by atoms with Crippen molar-refractivity contribution in [1.82, 2.24) is 4.57 Å². The minimum absolute atomic E-state index is 0.301. The standard InChI is InChI=1S/C13H13FN2/c1-10-7-8-11(16(10)2)9-15-13-6-4-3-5-12(13)14/h3-9H,1-2H3. The highest BCUT2D eigenvalue weighted by molar-refractivity contribution is 5.80. The van der Waals surface area contributed by atoms with Crippen molar-refractivity contribution >= 4 is 11.9 Å². The minimum Gasteiger partial charge on any atom is -0.347 e. The molecule has 16 heavy (non-hydrogen) atoms. The number of para-hydroxylation sites is 1. The van der Waals surface area contributed by atoms with Crippen molar-refractivity contribution < 1.29 is 4.39 Å². The molecule has 0 atom stereocenters. The SMILES string of the molecule is Cc1ccc(C=Nc2ccccc2F)n1C. The normalized spacial score (nSPS) is 11.2. The molecule has 1 heterocycles. The van der Waals surface area contributed by atoms with Gasteiger partial charge in [0.05, 0.1) is 17.6 Å². The highest BCUT2D eigenvalue weighted by atomic mass is 19.1. The van der Waals surface area contributed by atoms with E-state index in [1.165, 1.54) is 6.07 Å². The Morgan fingerprint density at radius 2 is 1.94 bits per heavy atom. The summed E-state index contributed by atoms with van der Waals surface area (Å²) in [6.07, 6.45) is 1.67. The first kappa shape index (κ1) is 10.6. The van der Waals surface area contributed by atoms with Crippen LogP contribution in [-0.2, 0) is 7.05 Å². The van der Waals surface area contributed by atoms with Crippen LogP contribution in [0.3, 0.4) is 0 Å². The Balaban J connectivity index is 2.28. The van der Waals surface area contributed by atoms with Crippen molar-refractivity contribution in [3.05, 3.63) is 53.6 Å². The first-order chi connectivity index (χ1) is 7.68. The van der Waals surface area contributed by atoms with Gasteiger partial charge in [-0.05, 0) is 31.2 Å². The van der Waals surface area contributed by atoms with E-state index in [0.717, 1.165) is 11.4 Å². The van der Waals surface area contributed by atoms with E-state index >= 15 is 0 Å². The molecule has 2 rings (SSSR count). The third-order valence-corrected chi connectivity index (χ3v) is 2.60. The molecule has 1 aromatic carbocycles. The van der Waals surface area contributed by atoms with Gasteiger partial charge in [0.15, 0.2) is 0 Å².